The summed E-state index contributed by atoms with van der Waals surface area (Å²) in [5.41, 5.74) is 4.62. The number of unbranched alkanes of at least 4 members (excludes halogenated alkanes) is 1. The second-order valence-electron chi connectivity index (χ2n) is 4.31. The molecule has 0 saturated carbocycles. The standard InChI is InChI=1S/C14H20O2S/c1-4-5-6-13-9-11(2)14(12(3)10-13)7-8-17(15)16/h7-10H,4-6H2,1-3H3,(H,15,16)/p-1/b8-7+. The second kappa shape index (κ2) is 6.72. The summed E-state index contributed by atoms with van der Waals surface area (Å²) in [6.45, 7) is 6.23. The van der Waals surface area contributed by atoms with Crippen LogP contribution in [-0.4, -0.2) is 8.76 Å². The Kier molecular flexibility index (Phi) is 5.59. The van der Waals surface area contributed by atoms with Crippen molar-refractivity contribution in [2.45, 2.75) is 40.0 Å². The predicted molar refractivity (Wildman–Crippen MR) is 72.5 cm³/mol. The van der Waals surface area contributed by atoms with Crippen LogP contribution in [0.3, 0.4) is 0 Å². The molecule has 2 nitrogen and oxygen atoms in total. The van der Waals surface area contributed by atoms with Gasteiger partial charge in [0.15, 0.2) is 0 Å². The van der Waals surface area contributed by atoms with Gasteiger partial charge in [0.25, 0.3) is 0 Å². The van der Waals surface area contributed by atoms with Crippen molar-refractivity contribution in [3.63, 3.8) is 0 Å². The Labute approximate surface area is 106 Å². The minimum absolute atomic E-state index is 1.01. The lowest BCUT2D eigenvalue weighted by molar-refractivity contribution is 0.546. The highest BCUT2D eigenvalue weighted by molar-refractivity contribution is 7.82. The molecular weight excluding hydrogens is 232 g/mol. The van der Waals surface area contributed by atoms with Crippen LogP contribution in [0.15, 0.2) is 17.5 Å². The van der Waals surface area contributed by atoms with E-state index in [-0.39, 0.29) is 0 Å². The second-order valence-corrected chi connectivity index (χ2v) is 5.10. The molecule has 1 aromatic carbocycles. The molecule has 1 rings (SSSR count). The van der Waals surface area contributed by atoms with E-state index in [4.69, 9.17) is 0 Å². The molecule has 1 aromatic rings. The molecule has 0 saturated heterocycles. The number of benzene rings is 1. The van der Waals surface area contributed by atoms with E-state index in [1.165, 1.54) is 23.8 Å². The first-order chi connectivity index (χ1) is 8.04. The third-order valence-corrected chi connectivity index (χ3v) is 3.18. The third-order valence-electron chi connectivity index (χ3n) is 2.82. The zero-order valence-electron chi connectivity index (χ0n) is 10.7. The SMILES string of the molecule is CCCCc1cc(C)c(/C=C/S(=O)[O-])c(C)c1. The van der Waals surface area contributed by atoms with Gasteiger partial charge in [-0.15, -0.1) is 0 Å². The molecule has 0 bridgehead atoms. The van der Waals surface area contributed by atoms with Crippen LogP contribution in [0.4, 0.5) is 0 Å². The Morgan fingerprint density at radius 2 is 1.88 bits per heavy atom. The molecule has 3 heteroatoms. The van der Waals surface area contributed by atoms with Gasteiger partial charge >= 0.3 is 0 Å². The smallest absolute Gasteiger partial charge is 0.0109 e. The zero-order chi connectivity index (χ0) is 12.8. The highest BCUT2D eigenvalue weighted by atomic mass is 32.2. The summed E-state index contributed by atoms with van der Waals surface area (Å²) in [5.74, 6) is 0. The first-order valence-corrected chi connectivity index (χ1v) is 7.04. The molecule has 94 valence electrons. The maximum absolute atomic E-state index is 10.5. The van der Waals surface area contributed by atoms with E-state index in [9.17, 15) is 8.76 Å². The maximum atomic E-state index is 10.5. The largest absolute Gasteiger partial charge is 0.769 e. The molecule has 0 amide bonds. The van der Waals surface area contributed by atoms with Gasteiger partial charge in [-0.1, -0.05) is 25.5 Å². The van der Waals surface area contributed by atoms with Crippen LogP contribution in [0, 0.1) is 13.8 Å². The normalized spacial score (nSPS) is 13.2. The molecular formula is C14H19O2S-. The van der Waals surface area contributed by atoms with E-state index < -0.39 is 11.1 Å². The van der Waals surface area contributed by atoms with Gasteiger partial charge in [-0.3, -0.25) is 4.21 Å². The fourth-order valence-corrected chi connectivity index (χ4v) is 2.22. The van der Waals surface area contributed by atoms with Crippen molar-refractivity contribution in [2.24, 2.45) is 0 Å². The molecule has 0 aliphatic heterocycles. The lowest BCUT2D eigenvalue weighted by Crippen LogP contribution is -1.93. The fraction of sp³-hybridized carbons (Fsp3) is 0.429. The summed E-state index contributed by atoms with van der Waals surface area (Å²) < 4.78 is 21.0. The molecule has 0 radical (unpaired) electrons. The third kappa shape index (κ3) is 4.44. The van der Waals surface area contributed by atoms with Gasteiger partial charge < -0.3 is 4.55 Å². The summed E-state index contributed by atoms with van der Waals surface area (Å²) in [7, 11) is 0. The van der Waals surface area contributed by atoms with Gasteiger partial charge in [0.05, 0.1) is 0 Å². The molecule has 0 aliphatic rings. The van der Waals surface area contributed by atoms with Crippen molar-refractivity contribution >= 4 is 17.2 Å². The minimum atomic E-state index is -2.12. The van der Waals surface area contributed by atoms with E-state index in [0.717, 1.165) is 23.1 Å². The van der Waals surface area contributed by atoms with Gasteiger partial charge in [0.1, 0.15) is 0 Å². The molecule has 1 unspecified atom stereocenters. The Balaban J connectivity index is 2.97. The number of hydrogen-bond acceptors (Lipinski definition) is 2. The quantitative estimate of drug-likeness (QED) is 0.751. The van der Waals surface area contributed by atoms with Crippen molar-refractivity contribution in [3.05, 3.63) is 39.8 Å². The van der Waals surface area contributed by atoms with Gasteiger partial charge in [0, 0.05) is 0 Å². The van der Waals surface area contributed by atoms with Crippen molar-refractivity contribution < 1.29 is 8.76 Å². The lowest BCUT2D eigenvalue weighted by Gasteiger charge is -2.10. The Morgan fingerprint density at radius 1 is 1.29 bits per heavy atom. The van der Waals surface area contributed by atoms with Crippen LogP contribution in [-0.2, 0) is 17.5 Å². The number of hydrogen-bond donors (Lipinski definition) is 0. The summed E-state index contributed by atoms with van der Waals surface area (Å²) >= 11 is -2.12. The van der Waals surface area contributed by atoms with E-state index in [2.05, 4.69) is 19.1 Å². The van der Waals surface area contributed by atoms with Gasteiger partial charge in [-0.2, -0.15) is 0 Å². The molecule has 0 aromatic heterocycles. The minimum Gasteiger partial charge on any atom is -0.769 e. The molecule has 0 fully saturated rings. The van der Waals surface area contributed by atoms with E-state index in [1.807, 2.05) is 13.8 Å². The number of aryl methyl sites for hydroxylation is 3. The van der Waals surface area contributed by atoms with Crippen LogP contribution >= 0.6 is 0 Å². The topological polar surface area (TPSA) is 40.1 Å². The summed E-state index contributed by atoms with van der Waals surface area (Å²) in [4.78, 5) is 0. The van der Waals surface area contributed by atoms with Crippen LogP contribution in [0.2, 0.25) is 0 Å². The van der Waals surface area contributed by atoms with Crippen molar-refractivity contribution in [1.82, 2.24) is 0 Å². The van der Waals surface area contributed by atoms with E-state index in [1.54, 1.807) is 6.08 Å². The molecule has 0 N–H and O–H groups in total. The maximum Gasteiger partial charge on any atom is -0.0109 e. The summed E-state index contributed by atoms with van der Waals surface area (Å²) in [6, 6.07) is 4.30. The van der Waals surface area contributed by atoms with Gasteiger partial charge in [-0.05, 0) is 71.5 Å². The Bertz CT molecular complexity index is 413. The predicted octanol–water partition coefficient (Wildman–Crippen LogP) is 3.50. The van der Waals surface area contributed by atoms with Gasteiger partial charge in [-0.25, -0.2) is 0 Å². The molecule has 1 atom stereocenters. The van der Waals surface area contributed by atoms with Crippen LogP contribution in [0.25, 0.3) is 6.08 Å². The van der Waals surface area contributed by atoms with Crippen LogP contribution in [0.5, 0.6) is 0 Å². The first-order valence-electron chi connectivity index (χ1n) is 5.91. The molecule has 17 heavy (non-hydrogen) atoms. The molecule has 0 heterocycles. The Hall–Kier alpha value is -0.930. The van der Waals surface area contributed by atoms with Crippen LogP contribution < -0.4 is 0 Å². The highest BCUT2D eigenvalue weighted by Crippen LogP contribution is 2.19. The lowest BCUT2D eigenvalue weighted by atomic mass is 9.97. The van der Waals surface area contributed by atoms with Crippen molar-refractivity contribution in [3.8, 4) is 0 Å². The fourth-order valence-electron chi connectivity index (χ4n) is 1.98. The van der Waals surface area contributed by atoms with Crippen molar-refractivity contribution in [2.75, 3.05) is 0 Å². The summed E-state index contributed by atoms with van der Waals surface area (Å²) in [6.07, 6.45) is 5.14. The van der Waals surface area contributed by atoms with E-state index >= 15 is 0 Å². The monoisotopic (exact) mass is 251 g/mol. The molecule has 0 spiro atoms. The highest BCUT2D eigenvalue weighted by Gasteiger charge is 2.02. The van der Waals surface area contributed by atoms with Crippen LogP contribution in [0.1, 0.15) is 42.0 Å². The summed E-state index contributed by atoms with van der Waals surface area (Å²) in [5, 5.41) is 1.20. The van der Waals surface area contributed by atoms with E-state index in [0.29, 0.717) is 0 Å². The average molecular weight is 251 g/mol. The zero-order valence-corrected chi connectivity index (χ0v) is 11.5. The van der Waals surface area contributed by atoms with Gasteiger partial charge in [0.2, 0.25) is 0 Å². The first kappa shape index (κ1) is 14.1. The Morgan fingerprint density at radius 3 is 2.35 bits per heavy atom. The average Bonchev–Trinajstić information content (AvgIpc) is 2.24. The van der Waals surface area contributed by atoms with Crippen molar-refractivity contribution in [1.29, 1.82) is 0 Å². The number of rotatable bonds is 5. The molecule has 0 aliphatic carbocycles.